The molecule has 0 N–H and O–H groups in total. The van der Waals surface area contributed by atoms with Gasteiger partial charge in [0.15, 0.2) is 0 Å². The van der Waals surface area contributed by atoms with Gasteiger partial charge >= 0.3 is 18.3 Å². The van der Waals surface area contributed by atoms with E-state index in [2.05, 4.69) is 25.0 Å². The van der Waals surface area contributed by atoms with Gasteiger partial charge in [0.05, 0.1) is 30.5 Å². The fourth-order valence-electron chi connectivity index (χ4n) is 6.71. The molecule has 3 aromatic heterocycles. The van der Waals surface area contributed by atoms with E-state index in [1.807, 2.05) is 11.8 Å². The van der Waals surface area contributed by atoms with Crippen LogP contribution in [-0.4, -0.2) is 74.5 Å². The van der Waals surface area contributed by atoms with Crippen LogP contribution in [0, 0.1) is 0 Å². The van der Waals surface area contributed by atoms with Gasteiger partial charge in [0.2, 0.25) is 11.9 Å². The van der Waals surface area contributed by atoms with Crippen molar-refractivity contribution in [2.24, 2.45) is 7.05 Å². The number of esters is 1. The molecule has 0 bridgehead atoms. The van der Waals surface area contributed by atoms with Gasteiger partial charge in [0.1, 0.15) is 11.4 Å². The Hall–Kier alpha value is -4.96. The Bertz CT molecular complexity index is 1810. The molecule has 0 aliphatic carbocycles. The number of rotatable bonds is 9. The van der Waals surface area contributed by atoms with E-state index < -0.39 is 35.5 Å². The third kappa shape index (κ3) is 7.86. The SMILES string of the molecule is CCC1CC(N(Cc2cc(C(F)(F)F)cc(C(F)(F)F)c2)c2ncc(-c3cnn(C)c3)cn2)CN1c1nc(N2CCCCC2)ncc1C(=O)OC. The van der Waals surface area contributed by atoms with Crippen LogP contribution in [-0.2, 0) is 30.7 Å². The highest BCUT2D eigenvalue weighted by Gasteiger charge is 2.40. The first kappa shape index (κ1) is 35.9. The topological polar surface area (TPSA) is 105 Å². The Balaban J connectivity index is 1.41. The fraction of sp³-hybridized carbons (Fsp3) is 0.471. The van der Waals surface area contributed by atoms with E-state index in [0.29, 0.717) is 30.2 Å². The number of hydrogen-bond donors (Lipinski definition) is 0. The van der Waals surface area contributed by atoms with Crippen molar-refractivity contribution < 1.29 is 35.9 Å². The molecule has 4 aromatic rings. The number of benzene rings is 1. The van der Waals surface area contributed by atoms with E-state index >= 15 is 0 Å². The van der Waals surface area contributed by atoms with Crippen LogP contribution in [0.4, 0.5) is 44.1 Å². The lowest BCUT2D eigenvalue weighted by molar-refractivity contribution is -0.143. The summed E-state index contributed by atoms with van der Waals surface area (Å²) in [6, 6.07) is 0.830. The number of carbonyl (C=O) groups is 1. The Morgan fingerprint density at radius 1 is 0.922 bits per heavy atom. The molecule has 6 rings (SSSR count). The van der Waals surface area contributed by atoms with Crippen molar-refractivity contribution >= 4 is 23.7 Å². The van der Waals surface area contributed by atoms with Crippen LogP contribution in [0.2, 0.25) is 0 Å². The highest BCUT2D eigenvalue weighted by molar-refractivity contribution is 5.94. The summed E-state index contributed by atoms with van der Waals surface area (Å²) in [7, 11) is 3.01. The van der Waals surface area contributed by atoms with Crippen LogP contribution in [0.15, 0.2) is 49.2 Å². The van der Waals surface area contributed by atoms with Gasteiger partial charge in [-0.1, -0.05) is 6.92 Å². The first-order valence-electron chi connectivity index (χ1n) is 16.6. The summed E-state index contributed by atoms with van der Waals surface area (Å²) in [6.07, 6.45) is 1.92. The third-order valence-corrected chi connectivity index (χ3v) is 9.31. The molecule has 2 aliphatic rings. The van der Waals surface area contributed by atoms with Gasteiger partial charge in [0, 0.05) is 75.2 Å². The summed E-state index contributed by atoms with van der Waals surface area (Å²) >= 11 is 0. The summed E-state index contributed by atoms with van der Waals surface area (Å²) in [5.41, 5.74) is -1.53. The number of ether oxygens (including phenoxy) is 1. The molecule has 2 atom stereocenters. The molecule has 0 radical (unpaired) electrons. The minimum Gasteiger partial charge on any atom is -0.465 e. The van der Waals surface area contributed by atoms with Crippen LogP contribution >= 0.6 is 0 Å². The molecular formula is C34H37F6N9O2. The van der Waals surface area contributed by atoms with Crippen LogP contribution in [0.1, 0.15) is 66.1 Å². The number of anilines is 3. The van der Waals surface area contributed by atoms with Gasteiger partial charge in [-0.15, -0.1) is 0 Å². The monoisotopic (exact) mass is 717 g/mol. The number of alkyl halides is 6. The zero-order valence-electron chi connectivity index (χ0n) is 28.2. The van der Waals surface area contributed by atoms with Gasteiger partial charge in [0.25, 0.3) is 0 Å². The number of halogens is 6. The molecule has 51 heavy (non-hydrogen) atoms. The van der Waals surface area contributed by atoms with Crippen molar-refractivity contribution in [1.29, 1.82) is 0 Å². The van der Waals surface area contributed by atoms with E-state index in [-0.39, 0.29) is 42.3 Å². The Morgan fingerprint density at radius 3 is 2.16 bits per heavy atom. The van der Waals surface area contributed by atoms with Crippen LogP contribution < -0.4 is 14.7 Å². The molecule has 0 spiro atoms. The average Bonchev–Trinajstić information content (AvgIpc) is 3.76. The normalized spacial score (nSPS) is 18.3. The van der Waals surface area contributed by atoms with Gasteiger partial charge in [-0.2, -0.15) is 36.4 Å². The van der Waals surface area contributed by atoms with Gasteiger partial charge in [-0.25, -0.2) is 19.7 Å². The van der Waals surface area contributed by atoms with Crippen LogP contribution in [0.5, 0.6) is 0 Å². The molecule has 0 saturated carbocycles. The standard InChI is InChI=1S/C34H37F6N9O2/c1-4-26-13-27(20-48(26)29-28(30(50)51-3)17-43-32(45-29)47-8-6-5-7-9-47)49(31-41-14-22(15-42-31)23-16-44-46(2)19-23)18-21-10-24(33(35,36)37)12-25(11-21)34(38,39)40/h10-12,14-17,19,26-27H,4-9,13,18,20H2,1-3H3. The summed E-state index contributed by atoms with van der Waals surface area (Å²) in [5, 5.41) is 4.16. The quantitative estimate of drug-likeness (QED) is 0.140. The molecule has 2 unspecified atom stereocenters. The lowest BCUT2D eigenvalue weighted by Gasteiger charge is -2.31. The molecule has 2 aliphatic heterocycles. The lowest BCUT2D eigenvalue weighted by Crippen LogP contribution is -2.39. The molecule has 0 amide bonds. The Kier molecular flexibility index (Phi) is 10.1. The van der Waals surface area contributed by atoms with Gasteiger partial charge in [-0.05, 0) is 55.9 Å². The van der Waals surface area contributed by atoms with Crippen LogP contribution in [0.3, 0.4) is 0 Å². The maximum Gasteiger partial charge on any atom is 0.416 e. The van der Waals surface area contributed by atoms with E-state index in [9.17, 15) is 31.1 Å². The number of nitrogens with zero attached hydrogens (tertiary/aromatic N) is 9. The number of hydrogen-bond acceptors (Lipinski definition) is 10. The number of aromatic nitrogens is 6. The van der Waals surface area contributed by atoms with Crippen molar-refractivity contribution in [1.82, 2.24) is 29.7 Å². The first-order chi connectivity index (χ1) is 24.2. The minimum absolute atomic E-state index is 0.111. The highest BCUT2D eigenvalue weighted by atomic mass is 19.4. The van der Waals surface area contributed by atoms with Gasteiger partial charge in [-0.3, -0.25) is 4.68 Å². The van der Waals surface area contributed by atoms with Crippen molar-refractivity contribution in [3.05, 3.63) is 71.4 Å². The Labute approximate surface area is 290 Å². The zero-order valence-corrected chi connectivity index (χ0v) is 28.2. The average molecular weight is 718 g/mol. The fourth-order valence-corrected chi connectivity index (χ4v) is 6.71. The largest absolute Gasteiger partial charge is 0.465 e. The molecule has 5 heterocycles. The van der Waals surface area contributed by atoms with E-state index in [1.54, 1.807) is 29.0 Å². The van der Waals surface area contributed by atoms with E-state index in [1.165, 1.54) is 25.7 Å². The van der Waals surface area contributed by atoms with E-state index in [0.717, 1.165) is 50.0 Å². The molecule has 2 fully saturated rings. The van der Waals surface area contributed by atoms with Crippen molar-refractivity contribution in [2.75, 3.05) is 41.4 Å². The zero-order chi connectivity index (χ0) is 36.5. The van der Waals surface area contributed by atoms with Crippen molar-refractivity contribution in [3.63, 3.8) is 0 Å². The smallest absolute Gasteiger partial charge is 0.416 e. The first-order valence-corrected chi connectivity index (χ1v) is 16.6. The van der Waals surface area contributed by atoms with E-state index in [4.69, 9.17) is 9.72 Å². The number of carbonyl (C=O) groups excluding carboxylic acids is 1. The molecule has 17 heteroatoms. The highest BCUT2D eigenvalue weighted by Crippen LogP contribution is 2.38. The number of aryl methyl sites for hydroxylation is 1. The third-order valence-electron chi connectivity index (χ3n) is 9.31. The molecule has 11 nitrogen and oxygen atoms in total. The predicted octanol–water partition coefficient (Wildman–Crippen LogP) is 6.55. The minimum atomic E-state index is -5.01. The summed E-state index contributed by atoms with van der Waals surface area (Å²) in [6.45, 7) is 3.32. The summed E-state index contributed by atoms with van der Waals surface area (Å²) in [5.74, 6) is 0.284. The molecule has 272 valence electrons. The number of piperidine rings is 1. The van der Waals surface area contributed by atoms with Crippen LogP contribution in [0.25, 0.3) is 11.1 Å². The second-order valence-electron chi connectivity index (χ2n) is 12.8. The molecular weight excluding hydrogens is 680 g/mol. The second-order valence-corrected chi connectivity index (χ2v) is 12.8. The second kappa shape index (κ2) is 14.3. The maximum absolute atomic E-state index is 13.9. The van der Waals surface area contributed by atoms with Crippen molar-refractivity contribution in [2.45, 2.75) is 70.0 Å². The summed E-state index contributed by atoms with van der Waals surface area (Å²) < 4.78 is 89.9. The van der Waals surface area contributed by atoms with Gasteiger partial charge < -0.3 is 19.4 Å². The summed E-state index contributed by atoms with van der Waals surface area (Å²) in [4.78, 5) is 37.0. The van der Waals surface area contributed by atoms with Crippen molar-refractivity contribution in [3.8, 4) is 11.1 Å². The number of methoxy groups -OCH3 is 1. The molecule has 2 saturated heterocycles. The molecule has 1 aromatic carbocycles. The maximum atomic E-state index is 13.9. The predicted molar refractivity (Wildman–Crippen MR) is 176 cm³/mol. The Morgan fingerprint density at radius 2 is 1.59 bits per heavy atom. The lowest BCUT2D eigenvalue weighted by atomic mass is 10.0.